The maximum atomic E-state index is 10.9. The second-order valence-corrected chi connectivity index (χ2v) is 6.59. The standard InChI is InChI=1S/C8H9ClN2OS.C6H4Cl2N2O/c1-2-13-5-3-4-6(9)11-7(5)8(10)12;7-3-1-2-4(8)10-5(3)6(9)11/h3-4H,2H2,1H3,(H2,10,12);1-2H,(H2,9,11). The predicted molar refractivity (Wildman–Crippen MR) is 96.9 cm³/mol. The van der Waals surface area contributed by atoms with Crippen LogP contribution in [0, 0.1) is 0 Å². The lowest BCUT2D eigenvalue weighted by Crippen LogP contribution is -2.14. The second kappa shape index (κ2) is 9.68. The fourth-order valence-corrected chi connectivity index (χ4v) is 2.71. The molecule has 0 aliphatic rings. The maximum Gasteiger partial charge on any atom is 0.268 e. The van der Waals surface area contributed by atoms with Crippen LogP contribution in [0.1, 0.15) is 27.9 Å². The molecular weight excluding hydrogens is 395 g/mol. The highest BCUT2D eigenvalue weighted by molar-refractivity contribution is 7.99. The Balaban J connectivity index is 0.000000243. The van der Waals surface area contributed by atoms with Crippen molar-refractivity contribution in [1.82, 2.24) is 9.97 Å². The number of primary amides is 2. The molecule has 0 aromatic carbocycles. The van der Waals surface area contributed by atoms with Crippen molar-refractivity contribution in [3.63, 3.8) is 0 Å². The first-order valence-electron chi connectivity index (χ1n) is 6.47. The van der Waals surface area contributed by atoms with E-state index in [1.807, 2.05) is 6.92 Å². The van der Waals surface area contributed by atoms with Crippen molar-refractivity contribution < 1.29 is 9.59 Å². The van der Waals surface area contributed by atoms with Gasteiger partial charge in [-0.25, -0.2) is 9.97 Å². The summed E-state index contributed by atoms with van der Waals surface area (Å²) in [5, 5.41) is 0.694. The van der Waals surface area contributed by atoms with Crippen LogP contribution in [0.3, 0.4) is 0 Å². The molecule has 2 rings (SSSR count). The topological polar surface area (TPSA) is 112 Å². The zero-order valence-electron chi connectivity index (χ0n) is 12.4. The van der Waals surface area contributed by atoms with E-state index in [9.17, 15) is 9.59 Å². The summed E-state index contributed by atoms with van der Waals surface area (Å²) in [6, 6.07) is 6.35. The van der Waals surface area contributed by atoms with Gasteiger partial charge in [-0.3, -0.25) is 9.59 Å². The number of carbonyl (C=O) groups is 2. The molecule has 0 bridgehead atoms. The molecule has 0 saturated carbocycles. The smallest absolute Gasteiger partial charge is 0.268 e. The van der Waals surface area contributed by atoms with Gasteiger partial charge in [0.05, 0.1) is 5.02 Å². The lowest BCUT2D eigenvalue weighted by atomic mass is 10.3. The van der Waals surface area contributed by atoms with E-state index in [1.165, 1.54) is 23.9 Å². The average molecular weight is 408 g/mol. The third-order valence-electron chi connectivity index (χ3n) is 2.40. The quantitative estimate of drug-likeness (QED) is 0.595. The van der Waals surface area contributed by atoms with Gasteiger partial charge in [-0.15, -0.1) is 11.8 Å². The van der Waals surface area contributed by atoms with E-state index in [-0.39, 0.29) is 26.7 Å². The normalized spacial score (nSPS) is 9.83. The van der Waals surface area contributed by atoms with Crippen molar-refractivity contribution in [2.45, 2.75) is 11.8 Å². The highest BCUT2D eigenvalue weighted by Gasteiger charge is 2.10. The van der Waals surface area contributed by atoms with Crippen LogP contribution >= 0.6 is 46.6 Å². The highest BCUT2D eigenvalue weighted by atomic mass is 35.5. The highest BCUT2D eigenvalue weighted by Crippen LogP contribution is 2.22. The molecular formula is C14H13Cl3N4O2S. The Bertz CT molecular complexity index is 759. The van der Waals surface area contributed by atoms with Gasteiger partial charge < -0.3 is 11.5 Å². The van der Waals surface area contributed by atoms with Crippen LogP contribution in [-0.2, 0) is 0 Å². The first-order chi connectivity index (χ1) is 11.3. The zero-order valence-corrected chi connectivity index (χ0v) is 15.5. The Morgan fingerprint density at radius 3 is 1.92 bits per heavy atom. The Hall–Kier alpha value is -1.54. The number of hydrogen-bond acceptors (Lipinski definition) is 5. The van der Waals surface area contributed by atoms with Gasteiger partial charge in [-0.2, -0.15) is 0 Å². The van der Waals surface area contributed by atoms with Crippen LogP contribution < -0.4 is 11.5 Å². The number of rotatable bonds is 4. The van der Waals surface area contributed by atoms with Gasteiger partial charge in [-0.1, -0.05) is 41.7 Å². The predicted octanol–water partition coefficient (Wildman–Crippen LogP) is 3.43. The van der Waals surface area contributed by atoms with Gasteiger partial charge in [0.25, 0.3) is 11.8 Å². The molecule has 2 heterocycles. The number of nitrogens with two attached hydrogens (primary N) is 2. The summed E-state index contributed by atoms with van der Waals surface area (Å²) in [7, 11) is 0. The Morgan fingerprint density at radius 1 is 0.958 bits per heavy atom. The SMILES string of the molecule is CCSc1ccc(Cl)nc1C(N)=O.NC(=O)c1nc(Cl)ccc1Cl. The Labute approximate surface area is 157 Å². The number of nitrogens with zero attached hydrogens (tertiary/aromatic N) is 2. The lowest BCUT2D eigenvalue weighted by molar-refractivity contribution is 0.0985. The number of hydrogen-bond donors (Lipinski definition) is 2. The largest absolute Gasteiger partial charge is 0.364 e. The molecule has 2 aromatic rings. The Morgan fingerprint density at radius 2 is 1.46 bits per heavy atom. The summed E-state index contributed by atoms with van der Waals surface area (Å²) in [5.41, 5.74) is 10.3. The van der Waals surface area contributed by atoms with Gasteiger partial charge in [0, 0.05) is 4.90 Å². The molecule has 0 atom stereocenters. The fraction of sp³-hybridized carbons (Fsp3) is 0.143. The average Bonchev–Trinajstić information content (AvgIpc) is 2.52. The van der Waals surface area contributed by atoms with Crippen LogP contribution in [0.15, 0.2) is 29.2 Å². The lowest BCUT2D eigenvalue weighted by Gasteiger charge is -2.03. The van der Waals surface area contributed by atoms with E-state index in [1.54, 1.807) is 12.1 Å². The maximum absolute atomic E-state index is 10.9. The van der Waals surface area contributed by atoms with E-state index >= 15 is 0 Å². The van der Waals surface area contributed by atoms with Gasteiger partial charge in [0.1, 0.15) is 21.7 Å². The first-order valence-corrected chi connectivity index (χ1v) is 8.59. The summed E-state index contributed by atoms with van der Waals surface area (Å²) < 4.78 is 0. The molecule has 0 saturated heterocycles. The van der Waals surface area contributed by atoms with Crippen molar-refractivity contribution in [2.75, 3.05) is 5.75 Å². The molecule has 2 amide bonds. The number of amides is 2. The summed E-state index contributed by atoms with van der Waals surface area (Å²) in [6.07, 6.45) is 0. The zero-order chi connectivity index (χ0) is 18.3. The number of aromatic nitrogens is 2. The van der Waals surface area contributed by atoms with Crippen LogP contribution in [0.4, 0.5) is 0 Å². The summed E-state index contributed by atoms with van der Waals surface area (Å²) in [6.45, 7) is 1.99. The molecule has 128 valence electrons. The van der Waals surface area contributed by atoms with Crippen LogP contribution in [0.5, 0.6) is 0 Å². The summed E-state index contributed by atoms with van der Waals surface area (Å²) >= 11 is 18.2. The minimum atomic E-state index is -0.683. The van der Waals surface area contributed by atoms with E-state index < -0.39 is 11.8 Å². The number of thioether (sulfide) groups is 1. The van der Waals surface area contributed by atoms with E-state index in [0.29, 0.717) is 0 Å². The summed E-state index contributed by atoms with van der Waals surface area (Å²) in [4.78, 5) is 29.8. The van der Waals surface area contributed by atoms with Crippen molar-refractivity contribution in [2.24, 2.45) is 11.5 Å². The van der Waals surface area contributed by atoms with Gasteiger partial charge >= 0.3 is 0 Å². The summed E-state index contributed by atoms with van der Waals surface area (Å²) in [5.74, 6) is -0.361. The van der Waals surface area contributed by atoms with Gasteiger partial charge in [-0.05, 0) is 30.0 Å². The minimum Gasteiger partial charge on any atom is -0.364 e. The molecule has 0 aliphatic heterocycles. The molecule has 0 unspecified atom stereocenters. The third-order valence-corrected chi connectivity index (χ3v) is 4.06. The van der Waals surface area contributed by atoms with Gasteiger partial charge in [0.2, 0.25) is 0 Å². The Kier molecular flexibility index (Phi) is 8.27. The van der Waals surface area contributed by atoms with Gasteiger partial charge in [0.15, 0.2) is 0 Å². The molecule has 0 fully saturated rings. The fourth-order valence-electron chi connectivity index (χ4n) is 1.46. The van der Waals surface area contributed by atoms with Crippen molar-refractivity contribution in [3.8, 4) is 0 Å². The number of carbonyl (C=O) groups excluding carboxylic acids is 2. The first kappa shape index (κ1) is 20.5. The van der Waals surface area contributed by atoms with E-state index in [2.05, 4.69) is 9.97 Å². The number of halogens is 3. The van der Waals surface area contributed by atoms with Crippen LogP contribution in [0.25, 0.3) is 0 Å². The van der Waals surface area contributed by atoms with Crippen molar-refractivity contribution in [1.29, 1.82) is 0 Å². The monoisotopic (exact) mass is 406 g/mol. The van der Waals surface area contributed by atoms with Crippen LogP contribution in [0.2, 0.25) is 15.3 Å². The van der Waals surface area contributed by atoms with Crippen molar-refractivity contribution in [3.05, 3.63) is 51.0 Å². The third kappa shape index (κ3) is 6.16. The van der Waals surface area contributed by atoms with Crippen molar-refractivity contribution >= 4 is 58.4 Å². The molecule has 0 radical (unpaired) electrons. The molecule has 0 aliphatic carbocycles. The van der Waals surface area contributed by atoms with E-state index in [4.69, 9.17) is 46.3 Å². The molecule has 6 nitrogen and oxygen atoms in total. The van der Waals surface area contributed by atoms with E-state index in [0.717, 1.165) is 10.6 Å². The molecule has 2 aromatic heterocycles. The van der Waals surface area contributed by atoms with Crippen LogP contribution in [-0.4, -0.2) is 27.5 Å². The molecule has 4 N–H and O–H groups in total. The minimum absolute atomic E-state index is 0.000772. The second-order valence-electron chi connectivity index (χ2n) is 4.11. The molecule has 24 heavy (non-hydrogen) atoms. The number of pyridine rings is 2. The molecule has 10 heteroatoms. The molecule has 0 spiro atoms.